The summed E-state index contributed by atoms with van der Waals surface area (Å²) in [7, 11) is 0. The molecule has 1 aromatic carbocycles. The minimum atomic E-state index is 0.387. The van der Waals surface area contributed by atoms with Crippen molar-refractivity contribution in [1.29, 1.82) is 0 Å². The molecule has 0 amide bonds. The van der Waals surface area contributed by atoms with Crippen LogP contribution in [-0.2, 0) is 6.54 Å². The van der Waals surface area contributed by atoms with E-state index >= 15 is 0 Å². The predicted octanol–water partition coefficient (Wildman–Crippen LogP) is 3.12. The third-order valence-electron chi connectivity index (χ3n) is 3.41. The van der Waals surface area contributed by atoms with Crippen molar-refractivity contribution in [1.82, 2.24) is 5.32 Å². The van der Waals surface area contributed by atoms with Gasteiger partial charge in [0.2, 0.25) is 0 Å². The molecule has 1 aromatic rings. The summed E-state index contributed by atoms with van der Waals surface area (Å²) in [6.07, 6.45) is 3.99. The zero-order chi connectivity index (χ0) is 11.4. The van der Waals surface area contributed by atoms with Gasteiger partial charge >= 0.3 is 0 Å². The van der Waals surface area contributed by atoms with E-state index in [1.54, 1.807) is 0 Å². The summed E-state index contributed by atoms with van der Waals surface area (Å²) < 4.78 is 5.42. The van der Waals surface area contributed by atoms with Gasteiger partial charge in [0.25, 0.3) is 0 Å². The maximum absolute atomic E-state index is 5.42. The third kappa shape index (κ3) is 2.76. The fourth-order valence-corrected chi connectivity index (χ4v) is 2.07. The van der Waals surface area contributed by atoms with E-state index in [0.29, 0.717) is 5.54 Å². The molecule has 16 heavy (non-hydrogen) atoms. The average molecular weight is 219 g/mol. The molecule has 0 spiro atoms. The summed E-state index contributed by atoms with van der Waals surface area (Å²) in [5.74, 6) is 0.959. The Hall–Kier alpha value is -1.02. The van der Waals surface area contributed by atoms with Gasteiger partial charge in [-0.05, 0) is 50.8 Å². The molecule has 88 valence electrons. The predicted molar refractivity (Wildman–Crippen MR) is 66.7 cm³/mol. The van der Waals surface area contributed by atoms with E-state index in [2.05, 4.69) is 24.4 Å². The second kappa shape index (κ2) is 4.88. The SMILES string of the molecule is CCOc1ccc(CNC2(C)CCC2)cc1. The van der Waals surface area contributed by atoms with Crippen LogP contribution in [0.1, 0.15) is 38.7 Å². The molecule has 0 bridgehead atoms. The van der Waals surface area contributed by atoms with Crippen molar-refractivity contribution in [2.24, 2.45) is 0 Å². The largest absolute Gasteiger partial charge is 0.494 e. The molecule has 1 fully saturated rings. The van der Waals surface area contributed by atoms with E-state index in [1.807, 2.05) is 19.1 Å². The fourth-order valence-electron chi connectivity index (χ4n) is 2.07. The quantitative estimate of drug-likeness (QED) is 0.821. The smallest absolute Gasteiger partial charge is 0.119 e. The number of rotatable bonds is 5. The molecule has 2 nitrogen and oxygen atoms in total. The molecule has 0 heterocycles. The van der Waals surface area contributed by atoms with E-state index in [9.17, 15) is 0 Å². The number of hydrogen-bond donors (Lipinski definition) is 1. The zero-order valence-electron chi connectivity index (χ0n) is 10.3. The van der Waals surface area contributed by atoms with E-state index in [0.717, 1.165) is 18.9 Å². The van der Waals surface area contributed by atoms with E-state index < -0.39 is 0 Å². The Kier molecular flexibility index (Phi) is 3.49. The van der Waals surface area contributed by atoms with E-state index in [-0.39, 0.29) is 0 Å². The molecule has 0 unspecified atom stereocenters. The highest BCUT2D eigenvalue weighted by Gasteiger charge is 2.30. The second-order valence-electron chi connectivity index (χ2n) is 4.84. The summed E-state index contributed by atoms with van der Waals surface area (Å²) >= 11 is 0. The first kappa shape index (κ1) is 11.5. The Morgan fingerprint density at radius 3 is 2.44 bits per heavy atom. The highest BCUT2D eigenvalue weighted by molar-refractivity contribution is 5.27. The van der Waals surface area contributed by atoms with Crippen LogP contribution in [0.2, 0.25) is 0 Å². The number of nitrogens with one attached hydrogen (secondary N) is 1. The van der Waals surface area contributed by atoms with E-state index in [1.165, 1.54) is 24.8 Å². The van der Waals surface area contributed by atoms with Crippen LogP contribution in [0, 0.1) is 0 Å². The number of hydrogen-bond acceptors (Lipinski definition) is 2. The molecule has 0 radical (unpaired) electrons. The normalized spacial score (nSPS) is 17.9. The first-order chi connectivity index (χ1) is 7.72. The molecule has 1 saturated carbocycles. The maximum atomic E-state index is 5.42. The Morgan fingerprint density at radius 1 is 1.25 bits per heavy atom. The summed E-state index contributed by atoms with van der Waals surface area (Å²) in [6.45, 7) is 6.01. The number of benzene rings is 1. The number of ether oxygens (including phenoxy) is 1. The highest BCUT2D eigenvalue weighted by atomic mass is 16.5. The Balaban J connectivity index is 1.85. The molecule has 0 saturated heterocycles. The molecule has 0 aromatic heterocycles. The molecule has 1 aliphatic carbocycles. The van der Waals surface area contributed by atoms with Crippen LogP contribution < -0.4 is 10.1 Å². The monoisotopic (exact) mass is 219 g/mol. The van der Waals surface area contributed by atoms with Gasteiger partial charge in [-0.15, -0.1) is 0 Å². The zero-order valence-corrected chi connectivity index (χ0v) is 10.3. The second-order valence-corrected chi connectivity index (χ2v) is 4.84. The molecule has 0 aliphatic heterocycles. The van der Waals surface area contributed by atoms with Gasteiger partial charge in [-0.1, -0.05) is 12.1 Å². The molecular weight excluding hydrogens is 198 g/mol. The van der Waals surface area contributed by atoms with Crippen molar-refractivity contribution in [3.05, 3.63) is 29.8 Å². The standard InChI is InChI=1S/C14H21NO/c1-3-16-13-7-5-12(6-8-13)11-15-14(2)9-4-10-14/h5-8,15H,3-4,9-11H2,1-2H3. The van der Waals surface area contributed by atoms with Crippen LogP contribution in [0.3, 0.4) is 0 Å². The first-order valence-electron chi connectivity index (χ1n) is 6.19. The molecule has 1 aliphatic rings. The van der Waals surface area contributed by atoms with Crippen molar-refractivity contribution in [2.75, 3.05) is 6.61 Å². The Labute approximate surface area is 98.0 Å². The lowest BCUT2D eigenvalue weighted by atomic mass is 9.78. The molecule has 2 heteroatoms. The van der Waals surface area contributed by atoms with Crippen molar-refractivity contribution < 1.29 is 4.74 Å². The summed E-state index contributed by atoms with van der Waals surface area (Å²) in [4.78, 5) is 0. The maximum Gasteiger partial charge on any atom is 0.119 e. The lowest BCUT2D eigenvalue weighted by molar-refractivity contribution is 0.207. The molecule has 2 rings (SSSR count). The van der Waals surface area contributed by atoms with Crippen LogP contribution in [0.5, 0.6) is 5.75 Å². The highest BCUT2D eigenvalue weighted by Crippen LogP contribution is 2.31. The lowest BCUT2D eigenvalue weighted by Crippen LogP contribution is -2.47. The Bertz CT molecular complexity index is 327. The fraction of sp³-hybridized carbons (Fsp3) is 0.571. The van der Waals surface area contributed by atoms with Gasteiger partial charge in [0.1, 0.15) is 5.75 Å². The Morgan fingerprint density at radius 2 is 1.94 bits per heavy atom. The van der Waals surface area contributed by atoms with Crippen LogP contribution in [0.15, 0.2) is 24.3 Å². The minimum absolute atomic E-state index is 0.387. The van der Waals surface area contributed by atoms with Gasteiger partial charge in [-0.3, -0.25) is 0 Å². The topological polar surface area (TPSA) is 21.3 Å². The van der Waals surface area contributed by atoms with Crippen LogP contribution in [0.25, 0.3) is 0 Å². The van der Waals surface area contributed by atoms with Gasteiger partial charge in [0.15, 0.2) is 0 Å². The van der Waals surface area contributed by atoms with Crippen molar-refractivity contribution in [3.63, 3.8) is 0 Å². The molecule has 0 atom stereocenters. The average Bonchev–Trinajstić information content (AvgIpc) is 2.26. The van der Waals surface area contributed by atoms with Crippen LogP contribution in [0.4, 0.5) is 0 Å². The minimum Gasteiger partial charge on any atom is -0.494 e. The van der Waals surface area contributed by atoms with Crippen molar-refractivity contribution >= 4 is 0 Å². The van der Waals surface area contributed by atoms with E-state index in [4.69, 9.17) is 4.74 Å². The molecule has 1 N–H and O–H groups in total. The third-order valence-corrected chi connectivity index (χ3v) is 3.41. The van der Waals surface area contributed by atoms with Crippen LogP contribution >= 0.6 is 0 Å². The summed E-state index contributed by atoms with van der Waals surface area (Å²) in [5, 5.41) is 3.62. The van der Waals surface area contributed by atoms with Gasteiger partial charge < -0.3 is 10.1 Å². The van der Waals surface area contributed by atoms with Crippen molar-refractivity contribution in [3.8, 4) is 5.75 Å². The summed E-state index contributed by atoms with van der Waals surface area (Å²) in [6, 6.07) is 8.37. The van der Waals surface area contributed by atoms with Crippen LogP contribution in [-0.4, -0.2) is 12.1 Å². The van der Waals surface area contributed by atoms with Gasteiger partial charge in [-0.25, -0.2) is 0 Å². The lowest BCUT2D eigenvalue weighted by Gasteiger charge is -2.39. The first-order valence-corrected chi connectivity index (χ1v) is 6.19. The molecular formula is C14H21NO. The van der Waals surface area contributed by atoms with Gasteiger partial charge in [0.05, 0.1) is 6.61 Å². The van der Waals surface area contributed by atoms with Gasteiger partial charge in [-0.2, -0.15) is 0 Å². The van der Waals surface area contributed by atoms with Crippen molar-refractivity contribution in [2.45, 2.75) is 45.2 Å². The van der Waals surface area contributed by atoms with Gasteiger partial charge in [0, 0.05) is 12.1 Å². The summed E-state index contributed by atoms with van der Waals surface area (Å²) in [5.41, 5.74) is 1.72.